The first kappa shape index (κ1) is 37.7. The lowest BCUT2D eigenvalue weighted by atomic mass is 9.76. The summed E-state index contributed by atoms with van der Waals surface area (Å²) in [4.78, 5) is 62.8. The zero-order valence-electron chi connectivity index (χ0n) is 29.3. The van der Waals surface area contributed by atoms with Crippen LogP contribution in [-0.4, -0.2) is 45.9 Å². The summed E-state index contributed by atoms with van der Waals surface area (Å²) in [5.74, 6) is -2.61. The summed E-state index contributed by atoms with van der Waals surface area (Å²) >= 11 is 6.63. The Kier molecular flexibility index (Phi) is 11.7. The number of carbonyl (C=O) groups excluding carboxylic acids is 5. The fourth-order valence-corrected chi connectivity index (χ4v) is 5.77. The first-order valence-corrected chi connectivity index (χ1v) is 16.7. The summed E-state index contributed by atoms with van der Waals surface area (Å²) in [5.41, 5.74) is 1.91. The van der Waals surface area contributed by atoms with Crippen LogP contribution in [0.3, 0.4) is 0 Å². The highest BCUT2D eigenvalue weighted by atomic mass is 35.5. The Balaban J connectivity index is 1.66. The number of nitrogens with one attached hydrogen (secondary N) is 2. The summed E-state index contributed by atoms with van der Waals surface area (Å²) < 4.78 is 6.20. The highest BCUT2D eigenvalue weighted by molar-refractivity contribution is 6.50. The van der Waals surface area contributed by atoms with E-state index in [2.05, 4.69) is 64.3 Å². The molecular weight excluding hydrogens is 618 g/mol. The van der Waals surface area contributed by atoms with Gasteiger partial charge in [-0.15, -0.1) is 0 Å². The number of ether oxygens (including phenoxy) is 1. The normalized spacial score (nSPS) is 15.3. The molecule has 10 heteroatoms. The second-order valence-electron chi connectivity index (χ2n) is 14.5. The smallest absolute Gasteiger partial charge is 0.274 e. The number of benzene rings is 2. The van der Waals surface area contributed by atoms with E-state index in [-0.39, 0.29) is 41.7 Å². The molecule has 0 aromatic heterocycles. The van der Waals surface area contributed by atoms with Crippen LogP contribution < -0.4 is 15.4 Å². The molecule has 256 valence electrons. The lowest BCUT2D eigenvalue weighted by Crippen LogP contribution is -2.62. The Labute approximate surface area is 284 Å². The lowest BCUT2D eigenvalue weighted by molar-refractivity contribution is -0.155. The summed E-state index contributed by atoms with van der Waals surface area (Å²) in [6, 6.07) is 12.8. The Bertz CT molecular complexity index is 1510. The maximum Gasteiger partial charge on any atom is 0.274 e. The number of amides is 4. The van der Waals surface area contributed by atoms with Gasteiger partial charge in [-0.1, -0.05) is 92.1 Å². The van der Waals surface area contributed by atoms with Gasteiger partial charge in [0.15, 0.2) is 5.78 Å². The van der Waals surface area contributed by atoms with Crippen molar-refractivity contribution in [1.82, 2.24) is 4.90 Å². The number of carbonyl (C=O) groups is 5. The van der Waals surface area contributed by atoms with Crippen molar-refractivity contribution in [3.8, 4) is 5.75 Å². The van der Waals surface area contributed by atoms with Crippen LogP contribution in [0.15, 0.2) is 42.5 Å². The largest absolute Gasteiger partial charge is 0.493 e. The molecule has 2 N–H and O–H groups in total. The molecule has 47 heavy (non-hydrogen) atoms. The van der Waals surface area contributed by atoms with Gasteiger partial charge in [0, 0.05) is 41.6 Å². The fraction of sp³-hybridized carbons (Fsp3) is 0.541. The average Bonchev–Trinajstić information content (AvgIpc) is 3.35. The van der Waals surface area contributed by atoms with Crippen molar-refractivity contribution in [2.45, 2.75) is 117 Å². The summed E-state index contributed by atoms with van der Waals surface area (Å²) in [5, 5.41) is 5.39. The number of hydrogen-bond acceptors (Lipinski definition) is 6. The van der Waals surface area contributed by atoms with Gasteiger partial charge in [0.1, 0.15) is 5.75 Å². The number of halogens is 1. The lowest BCUT2D eigenvalue weighted by Gasteiger charge is -2.36. The molecule has 9 nitrogen and oxygen atoms in total. The quantitative estimate of drug-likeness (QED) is 0.0708. The minimum atomic E-state index is -2.55. The number of ketones is 1. The molecule has 1 aliphatic rings. The van der Waals surface area contributed by atoms with Gasteiger partial charge >= 0.3 is 0 Å². The van der Waals surface area contributed by atoms with E-state index in [4.69, 9.17) is 16.3 Å². The Morgan fingerprint density at radius 1 is 0.830 bits per heavy atom. The molecule has 1 unspecified atom stereocenters. The molecule has 1 fully saturated rings. The predicted octanol–water partition coefficient (Wildman–Crippen LogP) is 7.50. The zero-order chi connectivity index (χ0) is 35.4. The van der Waals surface area contributed by atoms with Gasteiger partial charge in [-0.3, -0.25) is 24.0 Å². The summed E-state index contributed by atoms with van der Waals surface area (Å²) in [6.07, 6.45) is 2.40. The second-order valence-corrected chi connectivity index (χ2v) is 15.1. The van der Waals surface area contributed by atoms with E-state index in [1.165, 1.54) is 11.6 Å². The standard InChI is InChI=1S/C37H50ClN3O6/c1-10-35(6,7)24-17-18-28(27(22-24)36(8,9)11-2)47-21-13-16-29(42)39-25-14-12-15-26(23-25)40-33(46)37(38,32(45)34(3,4)5)41-30(43)19-20-31(41)44/h12,14-15,17-18,22-23H,10-11,13,16,19-21H2,1-9H3,(H,39,42)(H,40,46). The number of imide groups is 1. The Hall–Kier alpha value is -3.72. The minimum absolute atomic E-state index is 0.0538. The van der Waals surface area contributed by atoms with Gasteiger partial charge < -0.3 is 15.4 Å². The van der Waals surface area contributed by atoms with Crippen molar-refractivity contribution in [3.63, 3.8) is 0 Å². The third-order valence-corrected chi connectivity index (χ3v) is 9.62. The van der Waals surface area contributed by atoms with E-state index in [0.717, 1.165) is 24.2 Å². The maximum atomic E-state index is 13.5. The number of likely N-dealkylation sites (tertiary alicyclic amines) is 1. The van der Waals surface area contributed by atoms with Gasteiger partial charge in [-0.2, -0.15) is 0 Å². The van der Waals surface area contributed by atoms with Crippen LogP contribution in [0.5, 0.6) is 5.75 Å². The predicted molar refractivity (Wildman–Crippen MR) is 186 cm³/mol. The molecule has 3 rings (SSSR count). The molecule has 1 atom stereocenters. The van der Waals surface area contributed by atoms with Crippen molar-refractivity contribution < 1.29 is 28.7 Å². The van der Waals surface area contributed by atoms with Crippen LogP contribution in [0.25, 0.3) is 0 Å². The maximum absolute atomic E-state index is 13.5. The third-order valence-electron chi connectivity index (χ3n) is 9.11. The molecular formula is C37H50ClN3O6. The van der Waals surface area contributed by atoms with Crippen molar-refractivity contribution >= 4 is 52.4 Å². The molecule has 1 heterocycles. The number of Topliss-reactive ketones (excluding diaryl/α,β-unsaturated/α-hetero) is 1. The Morgan fingerprint density at radius 3 is 1.96 bits per heavy atom. The molecule has 0 bridgehead atoms. The highest BCUT2D eigenvalue weighted by Crippen LogP contribution is 2.39. The van der Waals surface area contributed by atoms with E-state index < -0.39 is 33.9 Å². The molecule has 2 aromatic carbocycles. The number of nitrogens with zero attached hydrogens (tertiary/aromatic N) is 1. The molecule has 4 amide bonds. The van der Waals surface area contributed by atoms with E-state index in [1.807, 2.05) is 6.07 Å². The van der Waals surface area contributed by atoms with Gasteiger partial charge in [0.05, 0.1) is 6.61 Å². The van der Waals surface area contributed by atoms with E-state index in [1.54, 1.807) is 39.0 Å². The number of rotatable bonds is 14. The first-order chi connectivity index (χ1) is 21.8. The van der Waals surface area contributed by atoms with Crippen LogP contribution >= 0.6 is 11.6 Å². The van der Waals surface area contributed by atoms with Crippen molar-refractivity contribution in [3.05, 3.63) is 53.6 Å². The van der Waals surface area contributed by atoms with Gasteiger partial charge in [-0.05, 0) is 59.9 Å². The van der Waals surface area contributed by atoms with Crippen molar-refractivity contribution in [1.29, 1.82) is 0 Å². The van der Waals surface area contributed by atoms with E-state index in [0.29, 0.717) is 23.6 Å². The highest BCUT2D eigenvalue weighted by Gasteiger charge is 2.58. The molecule has 1 aliphatic heterocycles. The molecule has 0 spiro atoms. The second kappa shape index (κ2) is 14.6. The molecule has 0 saturated carbocycles. The van der Waals surface area contributed by atoms with E-state index >= 15 is 0 Å². The molecule has 0 aliphatic carbocycles. The monoisotopic (exact) mass is 667 g/mol. The fourth-order valence-electron chi connectivity index (χ4n) is 5.25. The van der Waals surface area contributed by atoms with Crippen LogP contribution in [0.4, 0.5) is 11.4 Å². The van der Waals surface area contributed by atoms with Gasteiger partial charge in [0.25, 0.3) is 10.9 Å². The third kappa shape index (κ3) is 8.61. The van der Waals surface area contributed by atoms with Gasteiger partial charge in [0.2, 0.25) is 17.7 Å². The van der Waals surface area contributed by atoms with Crippen LogP contribution in [0.2, 0.25) is 0 Å². The number of alkyl halides is 1. The number of hydrogen-bond donors (Lipinski definition) is 2. The first-order valence-electron chi connectivity index (χ1n) is 16.4. The molecule has 2 aromatic rings. The van der Waals surface area contributed by atoms with Gasteiger partial charge in [-0.25, -0.2) is 4.90 Å². The Morgan fingerprint density at radius 2 is 1.40 bits per heavy atom. The minimum Gasteiger partial charge on any atom is -0.493 e. The van der Waals surface area contributed by atoms with E-state index in [9.17, 15) is 24.0 Å². The molecule has 0 radical (unpaired) electrons. The van der Waals surface area contributed by atoms with Crippen LogP contribution in [-0.2, 0) is 34.8 Å². The topological polar surface area (TPSA) is 122 Å². The van der Waals surface area contributed by atoms with Crippen LogP contribution in [0, 0.1) is 5.41 Å². The number of anilines is 2. The van der Waals surface area contributed by atoms with Crippen LogP contribution in [0.1, 0.15) is 112 Å². The zero-order valence-corrected chi connectivity index (χ0v) is 30.0. The SMILES string of the molecule is CCC(C)(C)c1ccc(OCCCC(=O)Nc2cccc(NC(=O)C(Cl)(C(=O)C(C)(C)C)N3C(=O)CCC3=O)c2)c(C(C)(C)CC)c1. The molecule has 1 saturated heterocycles. The van der Waals surface area contributed by atoms with Crippen molar-refractivity contribution in [2.75, 3.05) is 17.2 Å². The summed E-state index contributed by atoms with van der Waals surface area (Å²) in [6.45, 7) is 18.3. The summed E-state index contributed by atoms with van der Waals surface area (Å²) in [7, 11) is 0. The van der Waals surface area contributed by atoms with Crippen molar-refractivity contribution in [2.24, 2.45) is 5.41 Å². The average molecular weight is 668 g/mol.